The van der Waals surface area contributed by atoms with Gasteiger partial charge < -0.3 is 9.80 Å². The van der Waals surface area contributed by atoms with Crippen LogP contribution in [0, 0.1) is 11.3 Å². The minimum Gasteiger partial charge on any atom is -0.338 e. The summed E-state index contributed by atoms with van der Waals surface area (Å²) in [6.07, 6.45) is 6.65. The van der Waals surface area contributed by atoms with E-state index in [0.29, 0.717) is 11.5 Å². The summed E-state index contributed by atoms with van der Waals surface area (Å²) in [6, 6.07) is 1.83. The molecule has 0 N–H and O–H groups in total. The third kappa shape index (κ3) is 2.41. The van der Waals surface area contributed by atoms with Crippen LogP contribution in [-0.4, -0.2) is 68.9 Å². The molecule has 7 nitrogen and oxygen atoms in total. The lowest BCUT2D eigenvalue weighted by atomic mass is 9.83. The fraction of sp³-hybridized carbons (Fsp3) is 0.500. The highest BCUT2D eigenvalue weighted by atomic mass is 16.2. The molecule has 2 aromatic rings. The highest BCUT2D eigenvalue weighted by Crippen LogP contribution is 2.41. The maximum Gasteiger partial charge on any atom is 0.255 e. The van der Waals surface area contributed by atoms with Crippen molar-refractivity contribution in [2.24, 2.45) is 11.3 Å². The summed E-state index contributed by atoms with van der Waals surface area (Å²) in [5.74, 6) is 0.612. The molecule has 4 rings (SSSR count). The molecule has 23 heavy (non-hydrogen) atoms. The van der Waals surface area contributed by atoms with Gasteiger partial charge in [-0.3, -0.25) is 9.78 Å². The molecule has 2 aliphatic heterocycles. The van der Waals surface area contributed by atoms with Gasteiger partial charge in [0, 0.05) is 37.8 Å². The molecule has 2 aliphatic rings. The third-order valence-electron chi connectivity index (χ3n) is 5.09. The van der Waals surface area contributed by atoms with E-state index in [2.05, 4.69) is 34.2 Å². The second-order valence-corrected chi connectivity index (χ2v) is 7.01. The van der Waals surface area contributed by atoms with Crippen molar-refractivity contribution in [2.45, 2.75) is 6.92 Å². The third-order valence-corrected chi connectivity index (χ3v) is 5.09. The Morgan fingerprint density at radius 3 is 2.91 bits per heavy atom. The van der Waals surface area contributed by atoms with Crippen LogP contribution in [0.4, 0.5) is 0 Å². The number of carbonyl (C=O) groups is 1. The van der Waals surface area contributed by atoms with E-state index in [1.165, 1.54) is 0 Å². The minimum atomic E-state index is 0.0535. The lowest BCUT2D eigenvalue weighted by molar-refractivity contribution is 0.0765. The van der Waals surface area contributed by atoms with Crippen molar-refractivity contribution in [3.63, 3.8) is 0 Å². The Kier molecular flexibility index (Phi) is 3.19. The van der Waals surface area contributed by atoms with Crippen LogP contribution >= 0.6 is 0 Å². The molecule has 2 aromatic heterocycles. The van der Waals surface area contributed by atoms with Crippen molar-refractivity contribution in [3.8, 4) is 5.69 Å². The van der Waals surface area contributed by atoms with E-state index in [-0.39, 0.29) is 11.3 Å². The van der Waals surface area contributed by atoms with E-state index in [4.69, 9.17) is 0 Å². The number of amides is 1. The van der Waals surface area contributed by atoms with Crippen LogP contribution in [0.15, 0.2) is 30.9 Å². The zero-order chi connectivity index (χ0) is 16.0. The van der Waals surface area contributed by atoms with Gasteiger partial charge in [0.1, 0.15) is 0 Å². The normalized spacial score (nSPS) is 27.4. The molecule has 2 saturated heterocycles. The van der Waals surface area contributed by atoms with E-state index in [1.807, 2.05) is 11.0 Å². The lowest BCUT2D eigenvalue weighted by Crippen LogP contribution is -2.34. The molecular weight excluding hydrogens is 292 g/mol. The highest BCUT2D eigenvalue weighted by Gasteiger charge is 2.49. The molecule has 0 spiro atoms. The number of hydrogen-bond acceptors (Lipinski definition) is 5. The molecule has 4 heterocycles. The first-order valence-corrected chi connectivity index (χ1v) is 7.85. The molecule has 7 heteroatoms. The summed E-state index contributed by atoms with van der Waals surface area (Å²) >= 11 is 0. The number of carbonyl (C=O) groups excluding carboxylic acids is 1. The maximum absolute atomic E-state index is 12.9. The first-order chi connectivity index (χ1) is 11.0. The Morgan fingerprint density at radius 1 is 1.30 bits per heavy atom. The first-order valence-electron chi connectivity index (χ1n) is 7.85. The van der Waals surface area contributed by atoms with E-state index in [0.717, 1.165) is 31.9 Å². The number of aromatic nitrogens is 4. The standard InChI is InChI=1S/C16H20N6O/c1-16-10-20(2)8-13(16)9-21(11-16)15(23)12-5-14(7-17-6-12)22-4-3-18-19-22/h3-7,13H,8-11H2,1-2H3/t13-,16+/m1/s1. The summed E-state index contributed by atoms with van der Waals surface area (Å²) in [5, 5.41) is 7.74. The molecule has 0 aliphatic carbocycles. The Hall–Kier alpha value is -2.28. The minimum absolute atomic E-state index is 0.0535. The number of hydrogen-bond donors (Lipinski definition) is 0. The van der Waals surface area contributed by atoms with Crippen molar-refractivity contribution in [1.29, 1.82) is 0 Å². The van der Waals surface area contributed by atoms with Gasteiger partial charge in [-0.1, -0.05) is 12.1 Å². The van der Waals surface area contributed by atoms with Crippen molar-refractivity contribution in [3.05, 3.63) is 36.4 Å². The van der Waals surface area contributed by atoms with Gasteiger partial charge in [-0.05, 0) is 19.0 Å². The van der Waals surface area contributed by atoms with Gasteiger partial charge in [0.2, 0.25) is 0 Å². The summed E-state index contributed by atoms with van der Waals surface area (Å²) < 4.78 is 1.61. The largest absolute Gasteiger partial charge is 0.338 e. The fourth-order valence-electron chi connectivity index (χ4n) is 3.98. The summed E-state index contributed by atoms with van der Waals surface area (Å²) in [5.41, 5.74) is 1.56. The predicted molar refractivity (Wildman–Crippen MR) is 84.2 cm³/mol. The van der Waals surface area contributed by atoms with E-state index in [9.17, 15) is 4.79 Å². The number of likely N-dealkylation sites (tertiary alicyclic amines) is 2. The SMILES string of the molecule is CN1C[C@@H]2CN(C(=O)c3cncc(-n4ccnn4)c3)C[C@]2(C)C1. The molecule has 0 saturated carbocycles. The maximum atomic E-state index is 12.9. The zero-order valence-corrected chi connectivity index (χ0v) is 13.4. The van der Waals surface area contributed by atoms with Crippen LogP contribution in [0.1, 0.15) is 17.3 Å². The summed E-state index contributed by atoms with van der Waals surface area (Å²) in [7, 11) is 2.15. The molecule has 2 fully saturated rings. The lowest BCUT2D eigenvalue weighted by Gasteiger charge is -2.24. The Morgan fingerprint density at radius 2 is 2.17 bits per heavy atom. The monoisotopic (exact) mass is 312 g/mol. The van der Waals surface area contributed by atoms with E-state index >= 15 is 0 Å². The second kappa shape index (κ2) is 5.13. The number of nitrogens with zero attached hydrogens (tertiary/aromatic N) is 6. The van der Waals surface area contributed by atoms with Crippen molar-refractivity contribution in [1.82, 2.24) is 29.8 Å². The molecule has 0 aromatic carbocycles. The summed E-state index contributed by atoms with van der Waals surface area (Å²) in [6.45, 7) is 6.05. The van der Waals surface area contributed by atoms with Gasteiger partial charge in [0.05, 0.1) is 29.8 Å². The zero-order valence-electron chi connectivity index (χ0n) is 13.4. The molecule has 0 bridgehead atoms. The topological polar surface area (TPSA) is 67.2 Å². The van der Waals surface area contributed by atoms with Crippen LogP contribution < -0.4 is 0 Å². The van der Waals surface area contributed by atoms with Crippen LogP contribution in [0.2, 0.25) is 0 Å². The molecule has 0 radical (unpaired) electrons. The highest BCUT2D eigenvalue weighted by molar-refractivity contribution is 5.94. The van der Waals surface area contributed by atoms with Crippen molar-refractivity contribution in [2.75, 3.05) is 33.2 Å². The fourth-order valence-corrected chi connectivity index (χ4v) is 3.98. The van der Waals surface area contributed by atoms with Crippen LogP contribution in [0.25, 0.3) is 5.69 Å². The van der Waals surface area contributed by atoms with Crippen LogP contribution in [0.3, 0.4) is 0 Å². The van der Waals surface area contributed by atoms with Gasteiger partial charge in [0.15, 0.2) is 0 Å². The van der Waals surface area contributed by atoms with Crippen LogP contribution in [0.5, 0.6) is 0 Å². The Bertz CT molecular complexity index is 730. The first kappa shape index (κ1) is 14.3. The predicted octanol–water partition coefficient (Wildman–Crippen LogP) is 0.686. The van der Waals surface area contributed by atoms with Gasteiger partial charge in [-0.15, -0.1) is 5.10 Å². The molecule has 0 unspecified atom stereocenters. The van der Waals surface area contributed by atoms with Crippen molar-refractivity contribution < 1.29 is 4.79 Å². The number of pyridine rings is 1. The number of fused-ring (bicyclic) bond motifs is 1. The second-order valence-electron chi connectivity index (χ2n) is 7.01. The molecule has 1 amide bonds. The average molecular weight is 312 g/mol. The smallest absolute Gasteiger partial charge is 0.255 e. The van der Waals surface area contributed by atoms with E-state index in [1.54, 1.807) is 29.5 Å². The Labute approximate surface area is 134 Å². The van der Waals surface area contributed by atoms with Gasteiger partial charge in [-0.25, -0.2) is 4.68 Å². The Balaban J connectivity index is 1.56. The van der Waals surface area contributed by atoms with Gasteiger partial charge >= 0.3 is 0 Å². The van der Waals surface area contributed by atoms with Gasteiger partial charge in [-0.2, -0.15) is 0 Å². The quantitative estimate of drug-likeness (QED) is 0.816. The molecule has 2 atom stereocenters. The van der Waals surface area contributed by atoms with Crippen LogP contribution in [-0.2, 0) is 0 Å². The van der Waals surface area contributed by atoms with Crippen molar-refractivity contribution >= 4 is 5.91 Å². The molecular formula is C16H20N6O. The molecule has 120 valence electrons. The average Bonchev–Trinajstić information content (AvgIpc) is 3.20. The van der Waals surface area contributed by atoms with E-state index < -0.39 is 0 Å². The number of rotatable bonds is 2. The summed E-state index contributed by atoms with van der Waals surface area (Å²) in [4.78, 5) is 21.4. The van der Waals surface area contributed by atoms with Gasteiger partial charge in [0.25, 0.3) is 5.91 Å².